The van der Waals surface area contributed by atoms with Crippen LogP contribution in [0.15, 0.2) is 36.7 Å². The zero-order valence-electron chi connectivity index (χ0n) is 8.94. The normalized spacial score (nSPS) is 10.1. The molecule has 0 saturated carbocycles. The molecule has 2 aromatic heterocycles. The van der Waals surface area contributed by atoms with Gasteiger partial charge >= 0.3 is 0 Å². The zero-order valence-corrected chi connectivity index (χ0v) is 9.70. The molecule has 0 spiro atoms. The molecule has 2 aromatic rings. The summed E-state index contributed by atoms with van der Waals surface area (Å²) < 4.78 is 0. The van der Waals surface area contributed by atoms with Crippen molar-refractivity contribution in [2.75, 3.05) is 5.32 Å². The van der Waals surface area contributed by atoms with E-state index < -0.39 is 0 Å². The minimum absolute atomic E-state index is 0.488. The van der Waals surface area contributed by atoms with Crippen molar-refractivity contribution in [2.24, 2.45) is 0 Å². The van der Waals surface area contributed by atoms with Crippen LogP contribution in [-0.4, -0.2) is 9.97 Å². The van der Waals surface area contributed by atoms with Crippen molar-refractivity contribution in [3.05, 3.63) is 53.1 Å². The lowest BCUT2D eigenvalue weighted by Crippen LogP contribution is -2.01. The quantitative estimate of drug-likeness (QED) is 0.828. The summed E-state index contributed by atoms with van der Waals surface area (Å²) in [6.07, 6.45) is 3.52. The summed E-state index contributed by atoms with van der Waals surface area (Å²) >= 11 is 5.93. The first-order valence-electron chi connectivity index (χ1n) is 5.01. The van der Waals surface area contributed by atoms with Crippen LogP contribution >= 0.6 is 11.6 Å². The van der Waals surface area contributed by atoms with Crippen molar-refractivity contribution in [1.82, 2.24) is 9.97 Å². The van der Waals surface area contributed by atoms with Gasteiger partial charge in [0.1, 0.15) is 0 Å². The summed E-state index contributed by atoms with van der Waals surface area (Å²) in [6.45, 7) is 2.66. The van der Waals surface area contributed by atoms with Crippen molar-refractivity contribution in [1.29, 1.82) is 0 Å². The molecule has 1 N–H and O–H groups in total. The topological polar surface area (TPSA) is 37.8 Å². The summed E-state index contributed by atoms with van der Waals surface area (Å²) in [4.78, 5) is 8.22. The second kappa shape index (κ2) is 4.94. The fourth-order valence-electron chi connectivity index (χ4n) is 1.32. The lowest BCUT2D eigenvalue weighted by molar-refractivity contribution is 1.08. The second-order valence-electron chi connectivity index (χ2n) is 3.50. The number of rotatable bonds is 3. The van der Waals surface area contributed by atoms with Gasteiger partial charge in [-0.2, -0.15) is 0 Å². The molecule has 0 saturated heterocycles. The van der Waals surface area contributed by atoms with Crippen LogP contribution in [0.5, 0.6) is 0 Å². The predicted molar refractivity (Wildman–Crippen MR) is 65.5 cm³/mol. The minimum atomic E-state index is 0.488. The van der Waals surface area contributed by atoms with Gasteiger partial charge in [-0.25, -0.2) is 4.98 Å². The Morgan fingerprint density at radius 1 is 1.25 bits per heavy atom. The largest absolute Gasteiger partial charge is 0.378 e. The van der Waals surface area contributed by atoms with E-state index in [4.69, 9.17) is 11.6 Å². The van der Waals surface area contributed by atoms with E-state index in [0.29, 0.717) is 11.7 Å². The summed E-state index contributed by atoms with van der Waals surface area (Å²) in [5.74, 6) is 0. The summed E-state index contributed by atoms with van der Waals surface area (Å²) in [5, 5.41) is 3.70. The molecule has 0 unspecified atom stereocenters. The summed E-state index contributed by atoms with van der Waals surface area (Å²) in [7, 11) is 0. The van der Waals surface area contributed by atoms with E-state index in [0.717, 1.165) is 16.9 Å². The molecule has 0 fully saturated rings. The van der Waals surface area contributed by atoms with E-state index >= 15 is 0 Å². The number of pyridine rings is 2. The van der Waals surface area contributed by atoms with Gasteiger partial charge in [0.15, 0.2) is 5.15 Å². The van der Waals surface area contributed by atoms with Crippen LogP contribution in [-0.2, 0) is 6.54 Å². The predicted octanol–water partition coefficient (Wildman–Crippen LogP) is 3.05. The standard InChI is InChI=1S/C12H12ClN3/c1-9-4-5-10(7-15-9)8-16-11-3-2-6-14-12(11)13/h2-7,16H,8H2,1H3. The SMILES string of the molecule is Cc1ccc(CNc2cccnc2Cl)cn1. The fourth-order valence-corrected chi connectivity index (χ4v) is 1.50. The first kappa shape index (κ1) is 10.9. The summed E-state index contributed by atoms with van der Waals surface area (Å²) in [5.41, 5.74) is 2.97. The Morgan fingerprint density at radius 2 is 2.12 bits per heavy atom. The molecule has 0 atom stereocenters. The number of anilines is 1. The van der Waals surface area contributed by atoms with Gasteiger partial charge < -0.3 is 5.32 Å². The maximum atomic E-state index is 5.93. The smallest absolute Gasteiger partial charge is 0.152 e. The van der Waals surface area contributed by atoms with Crippen molar-refractivity contribution < 1.29 is 0 Å². The average Bonchev–Trinajstić information content (AvgIpc) is 2.30. The third-order valence-corrected chi connectivity index (χ3v) is 2.52. The van der Waals surface area contributed by atoms with Gasteiger partial charge in [0.05, 0.1) is 5.69 Å². The maximum absolute atomic E-state index is 5.93. The van der Waals surface area contributed by atoms with E-state index in [1.165, 1.54) is 0 Å². The van der Waals surface area contributed by atoms with Gasteiger partial charge in [0.25, 0.3) is 0 Å². The number of aryl methyl sites for hydroxylation is 1. The van der Waals surface area contributed by atoms with E-state index in [-0.39, 0.29) is 0 Å². The molecule has 0 aliphatic heterocycles. The van der Waals surface area contributed by atoms with Crippen LogP contribution < -0.4 is 5.32 Å². The van der Waals surface area contributed by atoms with Crippen LogP contribution in [0.1, 0.15) is 11.3 Å². The number of halogens is 1. The minimum Gasteiger partial charge on any atom is -0.378 e. The van der Waals surface area contributed by atoms with Gasteiger partial charge in [-0.15, -0.1) is 0 Å². The van der Waals surface area contributed by atoms with E-state index in [1.54, 1.807) is 6.20 Å². The zero-order chi connectivity index (χ0) is 11.4. The molecule has 0 bridgehead atoms. The third-order valence-electron chi connectivity index (χ3n) is 2.21. The number of nitrogens with one attached hydrogen (secondary N) is 1. The highest BCUT2D eigenvalue weighted by Crippen LogP contribution is 2.18. The Balaban J connectivity index is 2.02. The van der Waals surface area contributed by atoms with Crippen molar-refractivity contribution in [3.8, 4) is 0 Å². The maximum Gasteiger partial charge on any atom is 0.152 e. The highest BCUT2D eigenvalue weighted by molar-refractivity contribution is 6.31. The van der Waals surface area contributed by atoms with Crippen LogP contribution in [0.2, 0.25) is 5.15 Å². The molecule has 0 aliphatic carbocycles. The monoisotopic (exact) mass is 233 g/mol. The molecule has 0 amide bonds. The lowest BCUT2D eigenvalue weighted by Gasteiger charge is -2.07. The van der Waals surface area contributed by atoms with Gasteiger partial charge in [-0.1, -0.05) is 17.7 Å². The number of hydrogen-bond acceptors (Lipinski definition) is 3. The Hall–Kier alpha value is -1.61. The molecule has 3 nitrogen and oxygen atoms in total. The number of hydrogen-bond donors (Lipinski definition) is 1. The first-order valence-corrected chi connectivity index (χ1v) is 5.39. The number of nitrogens with zero attached hydrogens (tertiary/aromatic N) is 2. The fraction of sp³-hybridized carbons (Fsp3) is 0.167. The first-order chi connectivity index (χ1) is 7.75. The van der Waals surface area contributed by atoms with Crippen molar-refractivity contribution in [2.45, 2.75) is 13.5 Å². The molecule has 16 heavy (non-hydrogen) atoms. The van der Waals surface area contributed by atoms with E-state index in [9.17, 15) is 0 Å². The van der Waals surface area contributed by atoms with Crippen LogP contribution in [0.25, 0.3) is 0 Å². The Morgan fingerprint density at radius 3 is 2.81 bits per heavy atom. The van der Waals surface area contributed by atoms with Crippen LogP contribution in [0.3, 0.4) is 0 Å². The Kier molecular flexibility index (Phi) is 3.37. The molecular formula is C12H12ClN3. The van der Waals surface area contributed by atoms with Gasteiger partial charge in [0, 0.05) is 24.6 Å². The molecule has 0 aliphatic rings. The third kappa shape index (κ3) is 2.70. The summed E-state index contributed by atoms with van der Waals surface area (Å²) in [6, 6.07) is 7.78. The van der Waals surface area contributed by atoms with E-state index in [1.807, 2.05) is 37.4 Å². The molecule has 82 valence electrons. The molecule has 4 heteroatoms. The van der Waals surface area contributed by atoms with Gasteiger partial charge in [-0.3, -0.25) is 4.98 Å². The molecule has 0 radical (unpaired) electrons. The second-order valence-corrected chi connectivity index (χ2v) is 3.86. The van der Waals surface area contributed by atoms with Crippen LogP contribution in [0, 0.1) is 6.92 Å². The van der Waals surface area contributed by atoms with Gasteiger partial charge in [0.2, 0.25) is 0 Å². The lowest BCUT2D eigenvalue weighted by atomic mass is 10.2. The highest BCUT2D eigenvalue weighted by atomic mass is 35.5. The molecule has 2 rings (SSSR count). The highest BCUT2D eigenvalue weighted by Gasteiger charge is 1.99. The Bertz CT molecular complexity index is 468. The molecule has 0 aromatic carbocycles. The Labute approximate surface area is 99.5 Å². The molecular weight excluding hydrogens is 222 g/mol. The average molecular weight is 234 g/mol. The van der Waals surface area contributed by atoms with Crippen molar-refractivity contribution >= 4 is 17.3 Å². The van der Waals surface area contributed by atoms with Crippen molar-refractivity contribution in [3.63, 3.8) is 0 Å². The van der Waals surface area contributed by atoms with Gasteiger partial charge in [-0.05, 0) is 30.7 Å². The molecule has 2 heterocycles. The van der Waals surface area contributed by atoms with E-state index in [2.05, 4.69) is 15.3 Å². The van der Waals surface area contributed by atoms with Crippen LogP contribution in [0.4, 0.5) is 5.69 Å². The number of aromatic nitrogens is 2.